The molecule has 5 nitrogen and oxygen atoms in total. The molecule has 1 N–H and O–H groups in total. The van der Waals surface area contributed by atoms with Crippen molar-refractivity contribution in [1.82, 2.24) is 0 Å². The second-order valence-corrected chi connectivity index (χ2v) is 4.07. The van der Waals surface area contributed by atoms with Gasteiger partial charge < -0.3 is 9.66 Å². The first-order chi connectivity index (χ1) is 6.89. The Morgan fingerprint density at radius 1 is 1.25 bits per heavy atom. The molecule has 0 saturated heterocycles. The number of carbonyl (C=O) groups is 1. The quantitative estimate of drug-likeness (QED) is 0.377. The first-order valence-electron chi connectivity index (χ1n) is 3.86. The van der Waals surface area contributed by atoms with Crippen LogP contribution in [0.25, 0.3) is 6.08 Å². The number of benzene rings is 1. The number of aliphatic carboxylic acids is 1. The summed E-state index contributed by atoms with van der Waals surface area (Å²) >= 11 is 0. The molecule has 0 aromatic heterocycles. The number of rotatable bonds is 3. The van der Waals surface area contributed by atoms with Crippen molar-refractivity contribution >= 4 is 22.2 Å². The Morgan fingerprint density at radius 2 is 1.75 bits per heavy atom. The second-order valence-electron chi connectivity index (χ2n) is 2.69. The molecule has 1 aromatic carbocycles. The fourth-order valence-electron chi connectivity index (χ4n) is 0.913. The third-order valence-electron chi connectivity index (χ3n) is 1.59. The third-order valence-corrected chi connectivity index (χ3v) is 2.44. The standard InChI is InChI=1S/C9H8O5S.K/c10-9(11)6-3-7-1-4-8(5-2-7)15(12,13)14;/h1-6H,(H,10,11)(H,12,13,14);/q;+1/p-1/b6-3+;. The summed E-state index contributed by atoms with van der Waals surface area (Å²) in [5.41, 5.74) is 0.504. The number of carboxylic acid groups (broad SMARTS) is 1. The molecule has 0 unspecified atom stereocenters. The SMILES string of the molecule is O=C(O)/C=C/c1ccc(S(=O)(=O)[O-])cc1.[K+]. The molecule has 0 atom stereocenters. The third kappa shape index (κ3) is 5.35. The van der Waals surface area contributed by atoms with E-state index < -0.39 is 16.1 Å². The smallest absolute Gasteiger partial charge is 0.744 e. The van der Waals surface area contributed by atoms with Crippen LogP contribution in [0.15, 0.2) is 35.2 Å². The summed E-state index contributed by atoms with van der Waals surface area (Å²) in [6.45, 7) is 0. The average molecular weight is 266 g/mol. The van der Waals surface area contributed by atoms with Crippen molar-refractivity contribution in [3.05, 3.63) is 35.9 Å². The molecule has 0 saturated carbocycles. The Hall–Kier alpha value is -0.0236. The second kappa shape index (κ2) is 6.65. The van der Waals surface area contributed by atoms with Gasteiger partial charge in [0.05, 0.1) is 4.90 Å². The molecule has 1 aromatic rings. The molecule has 0 aliphatic rings. The van der Waals surface area contributed by atoms with Crippen LogP contribution in [-0.2, 0) is 14.9 Å². The minimum atomic E-state index is -4.44. The van der Waals surface area contributed by atoms with Gasteiger partial charge in [0.2, 0.25) is 0 Å². The Bertz CT molecular complexity index is 489. The molecule has 0 aliphatic heterocycles. The molecular formula is C9H7KO5S. The van der Waals surface area contributed by atoms with Crippen LogP contribution < -0.4 is 51.4 Å². The molecule has 0 bridgehead atoms. The van der Waals surface area contributed by atoms with Gasteiger partial charge in [-0.1, -0.05) is 12.1 Å². The Morgan fingerprint density at radius 3 is 2.12 bits per heavy atom. The minimum Gasteiger partial charge on any atom is -0.744 e. The van der Waals surface area contributed by atoms with E-state index in [1.807, 2.05) is 0 Å². The maximum Gasteiger partial charge on any atom is 1.00 e. The fourth-order valence-corrected chi connectivity index (χ4v) is 1.38. The van der Waals surface area contributed by atoms with Crippen LogP contribution in [0.2, 0.25) is 0 Å². The van der Waals surface area contributed by atoms with Gasteiger partial charge in [0.1, 0.15) is 10.1 Å². The molecule has 0 fully saturated rings. The summed E-state index contributed by atoms with van der Waals surface area (Å²) in [7, 11) is -4.44. The molecule has 80 valence electrons. The number of carboxylic acids is 1. The zero-order valence-electron chi connectivity index (χ0n) is 8.45. The topological polar surface area (TPSA) is 94.5 Å². The van der Waals surface area contributed by atoms with Crippen LogP contribution in [0.3, 0.4) is 0 Å². The normalized spacial score (nSPS) is 11.1. The van der Waals surface area contributed by atoms with E-state index in [4.69, 9.17) is 5.11 Å². The Kier molecular flexibility index (Phi) is 6.64. The molecule has 7 heteroatoms. The molecule has 0 spiro atoms. The van der Waals surface area contributed by atoms with Gasteiger partial charge in [-0.15, -0.1) is 0 Å². The maximum atomic E-state index is 10.5. The Balaban J connectivity index is 0.00000225. The van der Waals surface area contributed by atoms with Crippen molar-refractivity contribution in [1.29, 1.82) is 0 Å². The molecule has 1 rings (SSSR count). The van der Waals surface area contributed by atoms with Crippen LogP contribution in [-0.4, -0.2) is 24.0 Å². The molecule has 0 heterocycles. The van der Waals surface area contributed by atoms with Gasteiger partial charge in [0.15, 0.2) is 0 Å². The van der Waals surface area contributed by atoms with E-state index in [9.17, 15) is 17.8 Å². The molecule has 0 radical (unpaired) electrons. The zero-order chi connectivity index (χ0) is 11.5. The number of hydrogen-bond donors (Lipinski definition) is 1. The van der Waals surface area contributed by atoms with Gasteiger partial charge >= 0.3 is 57.4 Å². The number of hydrogen-bond acceptors (Lipinski definition) is 4. The van der Waals surface area contributed by atoms with Crippen molar-refractivity contribution in [2.45, 2.75) is 4.90 Å². The van der Waals surface area contributed by atoms with Crippen LogP contribution in [0, 0.1) is 0 Å². The molecule has 0 amide bonds. The Labute approximate surface area is 135 Å². The summed E-state index contributed by atoms with van der Waals surface area (Å²) in [6, 6.07) is 4.96. The van der Waals surface area contributed by atoms with Crippen molar-refractivity contribution in [3.63, 3.8) is 0 Å². The predicted octanol–water partition coefficient (Wildman–Crippen LogP) is -2.31. The molecule has 0 aliphatic carbocycles. The van der Waals surface area contributed by atoms with E-state index in [1.165, 1.54) is 18.2 Å². The molecular weight excluding hydrogens is 259 g/mol. The maximum absolute atomic E-state index is 10.5. The van der Waals surface area contributed by atoms with Gasteiger partial charge in [-0.2, -0.15) is 0 Å². The first-order valence-corrected chi connectivity index (χ1v) is 5.27. The summed E-state index contributed by atoms with van der Waals surface area (Å²) in [4.78, 5) is 9.83. The van der Waals surface area contributed by atoms with E-state index >= 15 is 0 Å². The van der Waals surface area contributed by atoms with Crippen molar-refractivity contribution in [2.24, 2.45) is 0 Å². The van der Waals surface area contributed by atoms with Gasteiger partial charge in [-0.05, 0) is 23.8 Å². The van der Waals surface area contributed by atoms with E-state index in [0.717, 1.165) is 18.2 Å². The van der Waals surface area contributed by atoms with Gasteiger partial charge in [0, 0.05) is 6.08 Å². The summed E-state index contributed by atoms with van der Waals surface area (Å²) < 4.78 is 31.6. The summed E-state index contributed by atoms with van der Waals surface area (Å²) in [6.07, 6.45) is 2.21. The summed E-state index contributed by atoms with van der Waals surface area (Å²) in [5.74, 6) is -1.10. The fraction of sp³-hybridized carbons (Fsp3) is 0. The largest absolute Gasteiger partial charge is 1.00 e. The van der Waals surface area contributed by atoms with Crippen molar-refractivity contribution in [3.8, 4) is 0 Å². The van der Waals surface area contributed by atoms with E-state index in [2.05, 4.69) is 0 Å². The molecule has 16 heavy (non-hydrogen) atoms. The monoisotopic (exact) mass is 266 g/mol. The van der Waals surface area contributed by atoms with E-state index in [0.29, 0.717) is 5.56 Å². The van der Waals surface area contributed by atoms with E-state index in [-0.39, 0.29) is 56.3 Å². The predicted molar refractivity (Wildman–Crippen MR) is 51.1 cm³/mol. The zero-order valence-corrected chi connectivity index (χ0v) is 12.4. The van der Waals surface area contributed by atoms with Crippen LogP contribution in [0.1, 0.15) is 5.56 Å². The van der Waals surface area contributed by atoms with Crippen molar-refractivity contribution < 1.29 is 74.3 Å². The minimum absolute atomic E-state index is 0. The summed E-state index contributed by atoms with van der Waals surface area (Å²) in [5, 5.41) is 8.33. The average Bonchev–Trinajstić information content (AvgIpc) is 2.14. The van der Waals surface area contributed by atoms with Crippen LogP contribution in [0.5, 0.6) is 0 Å². The van der Waals surface area contributed by atoms with Crippen LogP contribution in [0.4, 0.5) is 0 Å². The van der Waals surface area contributed by atoms with Gasteiger partial charge in [0.25, 0.3) is 0 Å². The van der Waals surface area contributed by atoms with Crippen molar-refractivity contribution in [2.75, 3.05) is 0 Å². The van der Waals surface area contributed by atoms with Gasteiger partial charge in [-0.25, -0.2) is 13.2 Å². The van der Waals surface area contributed by atoms with Gasteiger partial charge in [-0.3, -0.25) is 0 Å². The van der Waals surface area contributed by atoms with Crippen LogP contribution >= 0.6 is 0 Å². The first kappa shape index (κ1) is 16.0. The van der Waals surface area contributed by atoms with E-state index in [1.54, 1.807) is 0 Å².